The number of hydrogen-bond donors (Lipinski definition) is 1. The molecule has 1 aliphatic heterocycles. The SMILES string of the molecule is Cc1ccc(C2=NC(CCNC(C)C)CCS2)cc1. The van der Waals surface area contributed by atoms with Crippen molar-refractivity contribution in [2.75, 3.05) is 12.3 Å². The smallest absolute Gasteiger partial charge is 0.0980 e. The second-order valence-electron chi connectivity index (χ2n) is 5.49. The highest BCUT2D eigenvalue weighted by Gasteiger charge is 2.16. The molecule has 2 rings (SSSR count). The topological polar surface area (TPSA) is 24.4 Å². The fraction of sp³-hybridized carbons (Fsp3) is 0.562. The Morgan fingerprint density at radius 1 is 1.32 bits per heavy atom. The van der Waals surface area contributed by atoms with Gasteiger partial charge in [-0.3, -0.25) is 4.99 Å². The van der Waals surface area contributed by atoms with Gasteiger partial charge in [0.25, 0.3) is 0 Å². The molecule has 1 aromatic rings. The first kappa shape index (κ1) is 14.6. The highest BCUT2D eigenvalue weighted by atomic mass is 32.2. The summed E-state index contributed by atoms with van der Waals surface area (Å²) in [7, 11) is 0. The average molecular weight is 276 g/mol. The molecule has 2 nitrogen and oxygen atoms in total. The summed E-state index contributed by atoms with van der Waals surface area (Å²) in [6.45, 7) is 7.58. The van der Waals surface area contributed by atoms with Crippen LogP contribution in [0, 0.1) is 6.92 Å². The van der Waals surface area contributed by atoms with Crippen molar-refractivity contribution < 1.29 is 0 Å². The molecule has 1 N–H and O–H groups in total. The van der Waals surface area contributed by atoms with Crippen LogP contribution in [0.2, 0.25) is 0 Å². The van der Waals surface area contributed by atoms with Gasteiger partial charge in [0.05, 0.1) is 11.1 Å². The van der Waals surface area contributed by atoms with Crippen LogP contribution in [0.5, 0.6) is 0 Å². The summed E-state index contributed by atoms with van der Waals surface area (Å²) in [6, 6.07) is 9.78. The van der Waals surface area contributed by atoms with Gasteiger partial charge >= 0.3 is 0 Å². The van der Waals surface area contributed by atoms with Crippen molar-refractivity contribution in [2.24, 2.45) is 4.99 Å². The predicted molar refractivity (Wildman–Crippen MR) is 86.3 cm³/mol. The van der Waals surface area contributed by atoms with Crippen LogP contribution in [-0.2, 0) is 0 Å². The zero-order valence-corrected chi connectivity index (χ0v) is 13.0. The standard InChI is InChI=1S/C16H24N2S/c1-12(2)17-10-8-15-9-11-19-16(18-15)14-6-4-13(3)5-7-14/h4-7,12,15,17H,8-11H2,1-3H3. The van der Waals surface area contributed by atoms with Gasteiger partial charge in [-0.1, -0.05) is 43.7 Å². The van der Waals surface area contributed by atoms with E-state index in [1.807, 2.05) is 11.8 Å². The number of thioether (sulfide) groups is 1. The molecule has 1 aromatic carbocycles. The maximum Gasteiger partial charge on any atom is 0.0980 e. The van der Waals surface area contributed by atoms with Crippen LogP contribution < -0.4 is 5.32 Å². The Bertz CT molecular complexity index is 423. The van der Waals surface area contributed by atoms with Crippen molar-refractivity contribution in [1.29, 1.82) is 0 Å². The Morgan fingerprint density at radius 3 is 2.74 bits per heavy atom. The summed E-state index contributed by atoms with van der Waals surface area (Å²) >= 11 is 1.90. The summed E-state index contributed by atoms with van der Waals surface area (Å²) in [6.07, 6.45) is 2.36. The lowest BCUT2D eigenvalue weighted by atomic mass is 10.1. The monoisotopic (exact) mass is 276 g/mol. The van der Waals surface area contributed by atoms with Gasteiger partial charge in [0.2, 0.25) is 0 Å². The van der Waals surface area contributed by atoms with E-state index in [2.05, 4.69) is 50.4 Å². The molecule has 1 heterocycles. The second-order valence-corrected chi connectivity index (χ2v) is 6.57. The zero-order chi connectivity index (χ0) is 13.7. The maximum absolute atomic E-state index is 4.92. The lowest BCUT2D eigenvalue weighted by Gasteiger charge is -2.21. The van der Waals surface area contributed by atoms with Crippen molar-refractivity contribution in [2.45, 2.75) is 45.7 Å². The number of nitrogens with zero attached hydrogens (tertiary/aromatic N) is 1. The van der Waals surface area contributed by atoms with Crippen LogP contribution in [0.3, 0.4) is 0 Å². The van der Waals surface area contributed by atoms with E-state index < -0.39 is 0 Å². The minimum Gasteiger partial charge on any atom is -0.314 e. The number of hydrogen-bond acceptors (Lipinski definition) is 3. The molecule has 0 amide bonds. The molecule has 0 bridgehead atoms. The largest absolute Gasteiger partial charge is 0.314 e. The third-order valence-corrected chi connectivity index (χ3v) is 4.37. The van der Waals surface area contributed by atoms with Crippen LogP contribution in [0.25, 0.3) is 0 Å². The quantitative estimate of drug-likeness (QED) is 0.888. The molecule has 104 valence electrons. The zero-order valence-electron chi connectivity index (χ0n) is 12.1. The molecule has 0 fully saturated rings. The highest BCUT2D eigenvalue weighted by Crippen LogP contribution is 2.24. The fourth-order valence-electron chi connectivity index (χ4n) is 2.16. The highest BCUT2D eigenvalue weighted by molar-refractivity contribution is 8.14. The normalized spacial score (nSPS) is 19.6. The van der Waals surface area contributed by atoms with Gasteiger partial charge in [0, 0.05) is 17.4 Å². The first-order chi connectivity index (χ1) is 9.15. The van der Waals surface area contributed by atoms with E-state index in [1.165, 1.54) is 28.3 Å². The molecular formula is C16H24N2S. The van der Waals surface area contributed by atoms with Crippen LogP contribution in [-0.4, -0.2) is 29.4 Å². The first-order valence-corrected chi connectivity index (χ1v) is 8.14. The van der Waals surface area contributed by atoms with Gasteiger partial charge < -0.3 is 5.32 Å². The Balaban J connectivity index is 1.96. The Morgan fingerprint density at radius 2 is 2.05 bits per heavy atom. The molecule has 1 unspecified atom stereocenters. The Labute approximate surface area is 121 Å². The molecule has 0 aromatic heterocycles. The van der Waals surface area contributed by atoms with Gasteiger partial charge in [-0.15, -0.1) is 11.8 Å². The lowest BCUT2D eigenvalue weighted by Crippen LogP contribution is -2.27. The van der Waals surface area contributed by atoms with Crippen molar-refractivity contribution in [3.8, 4) is 0 Å². The second kappa shape index (κ2) is 7.11. The van der Waals surface area contributed by atoms with E-state index in [0.717, 1.165) is 13.0 Å². The number of benzene rings is 1. The van der Waals surface area contributed by atoms with Crippen LogP contribution >= 0.6 is 11.8 Å². The third kappa shape index (κ3) is 4.66. The number of nitrogens with one attached hydrogen (secondary N) is 1. The van der Waals surface area contributed by atoms with Gasteiger partial charge in [0.15, 0.2) is 0 Å². The first-order valence-electron chi connectivity index (χ1n) is 7.16. The molecule has 19 heavy (non-hydrogen) atoms. The van der Waals surface area contributed by atoms with Crippen LogP contribution in [0.15, 0.2) is 29.3 Å². The van der Waals surface area contributed by atoms with E-state index in [-0.39, 0.29) is 0 Å². The summed E-state index contributed by atoms with van der Waals surface area (Å²) in [4.78, 5) is 4.92. The minimum absolute atomic E-state index is 0.490. The predicted octanol–water partition coefficient (Wildman–Crippen LogP) is 3.64. The van der Waals surface area contributed by atoms with Crippen molar-refractivity contribution in [3.05, 3.63) is 35.4 Å². The number of rotatable bonds is 5. The molecule has 1 atom stereocenters. The Hall–Kier alpha value is -0.800. The van der Waals surface area contributed by atoms with Gasteiger partial charge in [-0.05, 0) is 26.3 Å². The minimum atomic E-state index is 0.490. The molecule has 0 radical (unpaired) electrons. The van der Waals surface area contributed by atoms with Crippen molar-refractivity contribution in [3.63, 3.8) is 0 Å². The van der Waals surface area contributed by atoms with Gasteiger partial charge in [-0.25, -0.2) is 0 Å². The van der Waals surface area contributed by atoms with Gasteiger partial charge in [-0.2, -0.15) is 0 Å². The fourth-order valence-corrected chi connectivity index (χ4v) is 3.27. The van der Waals surface area contributed by atoms with Crippen LogP contribution in [0.1, 0.15) is 37.8 Å². The van der Waals surface area contributed by atoms with E-state index in [1.54, 1.807) is 0 Å². The van der Waals surface area contributed by atoms with E-state index in [4.69, 9.17) is 4.99 Å². The molecule has 1 aliphatic rings. The van der Waals surface area contributed by atoms with E-state index in [9.17, 15) is 0 Å². The van der Waals surface area contributed by atoms with E-state index >= 15 is 0 Å². The summed E-state index contributed by atoms with van der Waals surface area (Å²) < 4.78 is 0. The van der Waals surface area contributed by atoms with Crippen molar-refractivity contribution in [1.82, 2.24) is 5.32 Å². The molecule has 0 spiro atoms. The Kier molecular flexibility index (Phi) is 5.46. The van der Waals surface area contributed by atoms with E-state index in [0.29, 0.717) is 12.1 Å². The molecule has 0 saturated carbocycles. The maximum atomic E-state index is 4.92. The third-order valence-electron chi connectivity index (χ3n) is 3.32. The van der Waals surface area contributed by atoms with Gasteiger partial charge in [0.1, 0.15) is 0 Å². The van der Waals surface area contributed by atoms with Crippen LogP contribution in [0.4, 0.5) is 0 Å². The molecule has 0 aliphatic carbocycles. The number of aryl methyl sites for hydroxylation is 1. The molecule has 3 heteroatoms. The average Bonchev–Trinajstić information content (AvgIpc) is 2.39. The summed E-state index contributed by atoms with van der Waals surface area (Å²) in [5.41, 5.74) is 2.58. The van der Waals surface area contributed by atoms with Crippen molar-refractivity contribution >= 4 is 16.8 Å². The summed E-state index contributed by atoms with van der Waals surface area (Å²) in [5, 5.41) is 4.70. The lowest BCUT2D eigenvalue weighted by molar-refractivity contribution is 0.517. The summed E-state index contributed by atoms with van der Waals surface area (Å²) in [5.74, 6) is 1.19. The molecular weight excluding hydrogens is 252 g/mol. The number of aliphatic imine (C=N–C) groups is 1. The molecule has 0 saturated heterocycles.